The molecule has 38 heavy (non-hydrogen) atoms. The van der Waals surface area contributed by atoms with Gasteiger partial charge in [-0.05, 0) is 72.9 Å². The van der Waals surface area contributed by atoms with Gasteiger partial charge in [-0.1, -0.05) is 18.2 Å². The molecule has 1 N–H and O–H groups in total. The van der Waals surface area contributed by atoms with Crippen molar-refractivity contribution in [3.05, 3.63) is 92.3 Å². The summed E-state index contributed by atoms with van der Waals surface area (Å²) >= 11 is 0. The minimum atomic E-state index is -0.714. The van der Waals surface area contributed by atoms with Gasteiger partial charge in [0.25, 0.3) is 5.91 Å². The molecule has 1 aromatic heterocycles. The molecule has 0 spiro atoms. The van der Waals surface area contributed by atoms with Crippen molar-refractivity contribution < 1.29 is 28.5 Å². The van der Waals surface area contributed by atoms with Crippen LogP contribution < -0.4 is 19.6 Å². The van der Waals surface area contributed by atoms with E-state index in [2.05, 4.69) is 0 Å². The third-order valence-corrected chi connectivity index (χ3v) is 7.02. The first-order chi connectivity index (χ1) is 18.3. The van der Waals surface area contributed by atoms with Crippen molar-refractivity contribution >= 4 is 16.9 Å². The van der Waals surface area contributed by atoms with Gasteiger partial charge in [-0.15, -0.1) is 0 Å². The Morgan fingerprint density at radius 3 is 2.34 bits per heavy atom. The number of phenols is 1. The third-order valence-electron chi connectivity index (χ3n) is 7.02. The molecule has 0 aliphatic carbocycles. The Bertz CT molecular complexity index is 1620. The standard InChI is InChI=1S/C30H29NO7/c1-16-12-17(2)25-24(13-16)38-29-26(28(25)33)27(19-7-8-20(32)22(15-19)36-4)31(30(29)34)11-10-18-6-9-21(35-3)23(14-18)37-5/h6-9,12-15,27,32H,10-11H2,1-5H3. The van der Waals surface area contributed by atoms with Gasteiger partial charge < -0.3 is 28.6 Å². The van der Waals surface area contributed by atoms with E-state index in [-0.39, 0.29) is 34.2 Å². The number of hydrogen-bond donors (Lipinski definition) is 1. The van der Waals surface area contributed by atoms with Gasteiger partial charge in [-0.25, -0.2) is 0 Å². The topological polar surface area (TPSA) is 98.4 Å². The highest BCUT2D eigenvalue weighted by molar-refractivity contribution is 5.99. The quantitative estimate of drug-likeness (QED) is 0.373. The van der Waals surface area contributed by atoms with Crippen LogP contribution in [0.2, 0.25) is 0 Å². The van der Waals surface area contributed by atoms with Crippen molar-refractivity contribution in [3.63, 3.8) is 0 Å². The smallest absolute Gasteiger partial charge is 0.290 e. The number of ether oxygens (including phenoxy) is 3. The van der Waals surface area contributed by atoms with Crippen LogP contribution in [0.1, 0.15) is 44.4 Å². The Kier molecular flexibility index (Phi) is 6.48. The maximum atomic E-state index is 13.9. The van der Waals surface area contributed by atoms with E-state index >= 15 is 0 Å². The molecule has 5 rings (SSSR count). The van der Waals surface area contributed by atoms with Gasteiger partial charge in [0.05, 0.1) is 38.3 Å². The summed E-state index contributed by atoms with van der Waals surface area (Å²) in [6.45, 7) is 4.09. The molecule has 2 heterocycles. The largest absolute Gasteiger partial charge is 0.504 e. The second-order valence-corrected chi connectivity index (χ2v) is 9.40. The van der Waals surface area contributed by atoms with Crippen molar-refractivity contribution in [2.75, 3.05) is 27.9 Å². The second-order valence-electron chi connectivity index (χ2n) is 9.40. The summed E-state index contributed by atoms with van der Waals surface area (Å²) in [6, 6.07) is 13.4. The summed E-state index contributed by atoms with van der Waals surface area (Å²) in [4.78, 5) is 29.3. The van der Waals surface area contributed by atoms with E-state index in [0.717, 1.165) is 16.7 Å². The lowest BCUT2D eigenvalue weighted by Crippen LogP contribution is -2.31. The van der Waals surface area contributed by atoms with E-state index in [1.54, 1.807) is 37.3 Å². The zero-order valence-corrected chi connectivity index (χ0v) is 22.0. The van der Waals surface area contributed by atoms with E-state index < -0.39 is 6.04 Å². The van der Waals surface area contributed by atoms with Crippen LogP contribution in [-0.2, 0) is 6.42 Å². The van der Waals surface area contributed by atoms with Gasteiger partial charge in [-0.3, -0.25) is 9.59 Å². The normalized spacial score (nSPS) is 14.6. The molecule has 1 atom stereocenters. The van der Waals surface area contributed by atoms with Crippen LogP contribution in [0.5, 0.6) is 23.0 Å². The minimum absolute atomic E-state index is 0.0328. The van der Waals surface area contributed by atoms with Crippen LogP contribution in [0.25, 0.3) is 11.0 Å². The third kappa shape index (κ3) is 4.12. The number of nitrogens with zero attached hydrogens (tertiary/aromatic N) is 1. The van der Waals surface area contributed by atoms with E-state index in [9.17, 15) is 14.7 Å². The van der Waals surface area contributed by atoms with Crippen LogP contribution in [-0.4, -0.2) is 43.8 Å². The lowest BCUT2D eigenvalue weighted by atomic mass is 9.96. The van der Waals surface area contributed by atoms with Crippen molar-refractivity contribution in [1.82, 2.24) is 4.90 Å². The summed E-state index contributed by atoms with van der Waals surface area (Å²) < 4.78 is 22.2. The molecule has 0 fully saturated rings. The van der Waals surface area contributed by atoms with Crippen molar-refractivity contribution in [1.29, 1.82) is 0 Å². The second kappa shape index (κ2) is 9.78. The number of carbonyl (C=O) groups excluding carboxylic acids is 1. The highest BCUT2D eigenvalue weighted by Gasteiger charge is 2.43. The first-order valence-electron chi connectivity index (χ1n) is 12.2. The van der Waals surface area contributed by atoms with Crippen molar-refractivity contribution in [3.8, 4) is 23.0 Å². The van der Waals surface area contributed by atoms with Crippen molar-refractivity contribution in [2.45, 2.75) is 26.3 Å². The Morgan fingerprint density at radius 1 is 0.895 bits per heavy atom. The summed E-state index contributed by atoms with van der Waals surface area (Å²) in [7, 11) is 4.60. The predicted octanol–water partition coefficient (Wildman–Crippen LogP) is 4.93. The zero-order chi connectivity index (χ0) is 27.1. The Morgan fingerprint density at radius 2 is 1.63 bits per heavy atom. The Balaban J connectivity index is 1.64. The first-order valence-corrected chi connectivity index (χ1v) is 12.2. The van der Waals surface area contributed by atoms with Crippen LogP contribution in [0.4, 0.5) is 0 Å². The number of hydrogen-bond acceptors (Lipinski definition) is 7. The number of benzene rings is 3. The van der Waals surface area contributed by atoms with E-state index in [0.29, 0.717) is 41.0 Å². The summed E-state index contributed by atoms with van der Waals surface area (Å²) in [5, 5.41) is 10.6. The van der Waals surface area contributed by atoms with Crippen molar-refractivity contribution in [2.24, 2.45) is 0 Å². The SMILES string of the molecule is COc1cc(C2c3c(oc4cc(C)cc(C)c4c3=O)C(=O)N2CCc2ccc(OC)c(OC)c2)ccc1O. The number of phenolic OH excluding ortho intramolecular Hbond substituents is 1. The molecular weight excluding hydrogens is 486 g/mol. The number of aromatic hydroxyl groups is 1. The number of aryl methyl sites for hydroxylation is 2. The number of fused-ring (bicyclic) bond motifs is 2. The van der Waals surface area contributed by atoms with Gasteiger partial charge in [0.2, 0.25) is 5.76 Å². The van der Waals surface area contributed by atoms with Crippen LogP contribution in [0, 0.1) is 13.8 Å². The molecule has 0 bridgehead atoms. The lowest BCUT2D eigenvalue weighted by Gasteiger charge is -2.25. The molecular formula is C30H29NO7. The molecule has 1 aliphatic rings. The zero-order valence-electron chi connectivity index (χ0n) is 22.0. The molecule has 196 valence electrons. The summed E-state index contributed by atoms with van der Waals surface area (Å²) in [6.07, 6.45) is 0.498. The molecule has 0 radical (unpaired) electrons. The molecule has 1 amide bonds. The highest BCUT2D eigenvalue weighted by Crippen LogP contribution is 2.41. The number of carbonyl (C=O) groups is 1. The molecule has 0 saturated heterocycles. The molecule has 1 unspecified atom stereocenters. The fraction of sp³-hybridized carbons (Fsp3) is 0.267. The summed E-state index contributed by atoms with van der Waals surface area (Å²) in [5.41, 5.74) is 3.74. The monoisotopic (exact) mass is 515 g/mol. The molecule has 4 aromatic rings. The van der Waals surface area contributed by atoms with Gasteiger partial charge >= 0.3 is 0 Å². The van der Waals surface area contributed by atoms with Gasteiger partial charge in [0.1, 0.15) is 5.58 Å². The maximum absolute atomic E-state index is 13.9. The van der Waals surface area contributed by atoms with E-state index in [1.165, 1.54) is 13.2 Å². The fourth-order valence-electron chi connectivity index (χ4n) is 5.24. The average molecular weight is 516 g/mol. The molecule has 0 saturated carbocycles. The van der Waals surface area contributed by atoms with Gasteiger partial charge in [0.15, 0.2) is 28.4 Å². The van der Waals surface area contributed by atoms with E-state index in [4.69, 9.17) is 18.6 Å². The average Bonchev–Trinajstić information content (AvgIpc) is 3.18. The van der Waals surface area contributed by atoms with Crippen LogP contribution in [0.15, 0.2) is 57.7 Å². The Labute approximate surface area is 220 Å². The lowest BCUT2D eigenvalue weighted by molar-refractivity contribution is 0.0730. The number of amides is 1. The van der Waals surface area contributed by atoms with Crippen LogP contribution >= 0.6 is 0 Å². The predicted molar refractivity (Wildman–Crippen MR) is 143 cm³/mol. The Hall–Kier alpha value is -4.46. The highest BCUT2D eigenvalue weighted by atomic mass is 16.5. The molecule has 1 aliphatic heterocycles. The van der Waals surface area contributed by atoms with Gasteiger partial charge in [-0.2, -0.15) is 0 Å². The number of methoxy groups -OCH3 is 3. The number of rotatable bonds is 7. The molecule has 8 heteroatoms. The van der Waals surface area contributed by atoms with E-state index in [1.807, 2.05) is 38.1 Å². The first kappa shape index (κ1) is 25.2. The fourth-order valence-corrected chi connectivity index (χ4v) is 5.24. The summed E-state index contributed by atoms with van der Waals surface area (Å²) in [5.74, 6) is 1.10. The molecule has 8 nitrogen and oxygen atoms in total. The van der Waals surface area contributed by atoms with Crippen LogP contribution in [0.3, 0.4) is 0 Å². The maximum Gasteiger partial charge on any atom is 0.290 e. The minimum Gasteiger partial charge on any atom is -0.504 e. The molecule has 3 aromatic carbocycles. The van der Waals surface area contributed by atoms with Gasteiger partial charge in [0, 0.05) is 6.54 Å².